The number of hydrogen-bond donors (Lipinski definition) is 2. The summed E-state index contributed by atoms with van der Waals surface area (Å²) in [4.78, 5) is 17.3. The molecule has 2 rings (SSSR count). The van der Waals surface area contributed by atoms with Crippen LogP contribution in [0.4, 0.5) is 5.69 Å². The Hall–Kier alpha value is -2.04. The number of benzene rings is 1. The van der Waals surface area contributed by atoms with Crippen LogP contribution in [0.15, 0.2) is 35.3 Å². The van der Waals surface area contributed by atoms with Gasteiger partial charge in [0.1, 0.15) is 0 Å². The maximum absolute atomic E-state index is 10.9. The summed E-state index contributed by atoms with van der Waals surface area (Å²) in [6.45, 7) is 1.67. The summed E-state index contributed by atoms with van der Waals surface area (Å²) in [5, 5.41) is 0. The van der Waals surface area contributed by atoms with Gasteiger partial charge in [-0.3, -0.25) is 4.79 Å². The topological polar surface area (TPSA) is 84.7 Å². The van der Waals surface area contributed by atoms with Crippen molar-refractivity contribution >= 4 is 17.6 Å². The van der Waals surface area contributed by atoms with Gasteiger partial charge >= 0.3 is 0 Å². The lowest BCUT2D eigenvalue weighted by Gasteiger charge is -2.32. The minimum absolute atomic E-state index is 0.218. The van der Waals surface area contributed by atoms with Crippen LogP contribution in [-0.2, 0) is 4.79 Å². The number of primary amides is 1. The molecule has 0 saturated carbocycles. The largest absolute Gasteiger partial charge is 0.370 e. The molecule has 0 unspecified atom stereocenters. The highest BCUT2D eigenvalue weighted by Crippen LogP contribution is 2.20. The smallest absolute Gasteiger partial charge is 0.217 e. The van der Waals surface area contributed by atoms with Crippen molar-refractivity contribution in [2.24, 2.45) is 22.4 Å². The van der Waals surface area contributed by atoms with E-state index in [0.29, 0.717) is 18.3 Å². The zero-order valence-corrected chi connectivity index (χ0v) is 11.0. The van der Waals surface area contributed by atoms with Crippen LogP contribution in [0.5, 0.6) is 0 Å². The number of para-hydroxylation sites is 1. The molecular formula is C14H20N4O. The second kappa shape index (κ2) is 6.22. The first-order valence-corrected chi connectivity index (χ1v) is 6.57. The van der Waals surface area contributed by atoms with Gasteiger partial charge in [0.2, 0.25) is 5.91 Å². The van der Waals surface area contributed by atoms with E-state index in [0.717, 1.165) is 31.6 Å². The Morgan fingerprint density at radius 2 is 1.84 bits per heavy atom. The second-order valence-electron chi connectivity index (χ2n) is 4.91. The molecule has 0 bridgehead atoms. The van der Waals surface area contributed by atoms with Gasteiger partial charge in [-0.25, -0.2) is 4.99 Å². The van der Waals surface area contributed by atoms with Gasteiger partial charge in [-0.1, -0.05) is 18.2 Å². The molecule has 0 spiro atoms. The average Bonchev–Trinajstić information content (AvgIpc) is 2.40. The van der Waals surface area contributed by atoms with Crippen LogP contribution in [-0.4, -0.2) is 29.9 Å². The molecule has 5 nitrogen and oxygen atoms in total. The second-order valence-corrected chi connectivity index (χ2v) is 4.91. The summed E-state index contributed by atoms with van der Waals surface area (Å²) >= 11 is 0. The average molecular weight is 260 g/mol. The van der Waals surface area contributed by atoms with E-state index >= 15 is 0 Å². The number of amides is 1. The molecule has 1 amide bonds. The SMILES string of the molecule is NC(=O)CC1CCN(C(N)=Nc2ccccc2)CC1. The van der Waals surface area contributed by atoms with Crippen LogP contribution in [0, 0.1) is 5.92 Å². The Kier molecular flexibility index (Phi) is 4.39. The highest BCUT2D eigenvalue weighted by molar-refractivity contribution is 5.81. The number of piperidine rings is 1. The molecule has 1 aromatic rings. The first-order chi connectivity index (χ1) is 9.15. The van der Waals surface area contributed by atoms with E-state index in [1.54, 1.807) is 0 Å². The summed E-state index contributed by atoms with van der Waals surface area (Å²) in [6.07, 6.45) is 2.35. The van der Waals surface area contributed by atoms with Gasteiger partial charge in [0.15, 0.2) is 5.96 Å². The van der Waals surface area contributed by atoms with Crippen molar-refractivity contribution in [1.82, 2.24) is 4.90 Å². The summed E-state index contributed by atoms with van der Waals surface area (Å²) in [5.74, 6) is 0.714. The molecule has 4 N–H and O–H groups in total. The van der Waals surface area contributed by atoms with Gasteiger partial charge in [0.05, 0.1) is 5.69 Å². The molecule has 102 valence electrons. The third-order valence-electron chi connectivity index (χ3n) is 3.43. The van der Waals surface area contributed by atoms with Gasteiger partial charge in [0.25, 0.3) is 0 Å². The summed E-state index contributed by atoms with van der Waals surface area (Å²) < 4.78 is 0. The first-order valence-electron chi connectivity index (χ1n) is 6.57. The predicted octanol–water partition coefficient (Wildman–Crippen LogP) is 1.22. The van der Waals surface area contributed by atoms with Crippen LogP contribution in [0.2, 0.25) is 0 Å². The Morgan fingerprint density at radius 3 is 2.42 bits per heavy atom. The number of carbonyl (C=O) groups is 1. The highest BCUT2D eigenvalue weighted by Gasteiger charge is 2.21. The molecule has 1 aliphatic rings. The van der Waals surface area contributed by atoms with Crippen molar-refractivity contribution in [3.05, 3.63) is 30.3 Å². The van der Waals surface area contributed by atoms with Crippen LogP contribution in [0.1, 0.15) is 19.3 Å². The highest BCUT2D eigenvalue weighted by atomic mass is 16.1. The maximum Gasteiger partial charge on any atom is 0.217 e. The molecule has 0 atom stereocenters. The third-order valence-corrected chi connectivity index (χ3v) is 3.43. The fraction of sp³-hybridized carbons (Fsp3) is 0.429. The molecular weight excluding hydrogens is 240 g/mol. The standard InChI is InChI=1S/C14H20N4O/c15-13(19)10-11-6-8-18(9-7-11)14(16)17-12-4-2-1-3-5-12/h1-5,11H,6-10H2,(H2,15,19)(H2,16,17). The monoisotopic (exact) mass is 260 g/mol. The van der Waals surface area contributed by atoms with Gasteiger partial charge in [-0.2, -0.15) is 0 Å². The van der Waals surface area contributed by atoms with E-state index in [2.05, 4.69) is 9.89 Å². The van der Waals surface area contributed by atoms with Gasteiger partial charge in [0, 0.05) is 19.5 Å². The minimum atomic E-state index is -0.218. The number of aliphatic imine (C=N–C) groups is 1. The molecule has 1 saturated heterocycles. The van der Waals surface area contributed by atoms with E-state index in [-0.39, 0.29) is 5.91 Å². The molecule has 5 heteroatoms. The van der Waals surface area contributed by atoms with Gasteiger partial charge < -0.3 is 16.4 Å². The number of carbonyl (C=O) groups excluding carboxylic acids is 1. The summed E-state index contributed by atoms with van der Waals surface area (Å²) in [6, 6.07) is 9.67. The lowest BCUT2D eigenvalue weighted by Crippen LogP contribution is -2.43. The van der Waals surface area contributed by atoms with E-state index in [1.807, 2.05) is 30.3 Å². The fourth-order valence-corrected chi connectivity index (χ4v) is 2.36. The molecule has 1 aromatic carbocycles. The summed E-state index contributed by atoms with van der Waals surface area (Å²) in [5.41, 5.74) is 12.1. The minimum Gasteiger partial charge on any atom is -0.370 e. The number of nitrogens with two attached hydrogens (primary N) is 2. The predicted molar refractivity (Wildman–Crippen MR) is 75.8 cm³/mol. The van der Waals surface area contributed by atoms with Crippen molar-refractivity contribution in [1.29, 1.82) is 0 Å². The van der Waals surface area contributed by atoms with Crippen molar-refractivity contribution in [2.75, 3.05) is 13.1 Å². The Morgan fingerprint density at radius 1 is 1.21 bits per heavy atom. The fourth-order valence-electron chi connectivity index (χ4n) is 2.36. The lowest BCUT2D eigenvalue weighted by molar-refractivity contribution is -0.119. The van der Waals surface area contributed by atoms with Crippen LogP contribution in [0.3, 0.4) is 0 Å². The number of likely N-dealkylation sites (tertiary alicyclic amines) is 1. The molecule has 1 aliphatic heterocycles. The van der Waals surface area contributed by atoms with Crippen molar-refractivity contribution < 1.29 is 4.79 Å². The van der Waals surface area contributed by atoms with E-state index < -0.39 is 0 Å². The number of rotatable bonds is 3. The Bertz CT molecular complexity index is 450. The van der Waals surface area contributed by atoms with Crippen molar-refractivity contribution in [2.45, 2.75) is 19.3 Å². The molecule has 0 radical (unpaired) electrons. The molecule has 19 heavy (non-hydrogen) atoms. The molecule has 1 fully saturated rings. The zero-order valence-electron chi connectivity index (χ0n) is 11.0. The van der Waals surface area contributed by atoms with E-state index in [9.17, 15) is 4.79 Å². The molecule has 0 aromatic heterocycles. The van der Waals surface area contributed by atoms with Crippen molar-refractivity contribution in [3.8, 4) is 0 Å². The van der Waals surface area contributed by atoms with Crippen molar-refractivity contribution in [3.63, 3.8) is 0 Å². The van der Waals surface area contributed by atoms with Crippen LogP contribution < -0.4 is 11.5 Å². The van der Waals surface area contributed by atoms with E-state index in [1.165, 1.54) is 0 Å². The van der Waals surface area contributed by atoms with Crippen LogP contribution in [0.25, 0.3) is 0 Å². The van der Waals surface area contributed by atoms with Crippen LogP contribution >= 0.6 is 0 Å². The maximum atomic E-state index is 10.9. The quantitative estimate of drug-likeness (QED) is 0.633. The number of hydrogen-bond acceptors (Lipinski definition) is 2. The van der Waals surface area contributed by atoms with Gasteiger partial charge in [-0.05, 0) is 30.9 Å². The first kappa shape index (κ1) is 13.4. The van der Waals surface area contributed by atoms with Gasteiger partial charge in [-0.15, -0.1) is 0 Å². The number of guanidine groups is 1. The normalized spacial score (nSPS) is 17.5. The number of nitrogens with zero attached hydrogens (tertiary/aromatic N) is 2. The van der Waals surface area contributed by atoms with E-state index in [4.69, 9.17) is 11.5 Å². The zero-order chi connectivity index (χ0) is 13.7. The summed E-state index contributed by atoms with van der Waals surface area (Å²) in [7, 11) is 0. The molecule has 1 heterocycles. The lowest BCUT2D eigenvalue weighted by atomic mass is 9.93. The molecule has 0 aliphatic carbocycles. The Balaban J connectivity index is 1.90. The third kappa shape index (κ3) is 3.98. The Labute approximate surface area is 113 Å².